The maximum atomic E-state index is 13.0. The second kappa shape index (κ2) is 9.89. The van der Waals surface area contributed by atoms with Gasteiger partial charge in [0, 0.05) is 18.7 Å². The van der Waals surface area contributed by atoms with Crippen LogP contribution in [0.2, 0.25) is 20.1 Å². The van der Waals surface area contributed by atoms with Crippen molar-refractivity contribution in [2.45, 2.75) is 20.3 Å². The van der Waals surface area contributed by atoms with E-state index in [0.717, 1.165) is 21.7 Å². The molecule has 194 valence electrons. The van der Waals surface area contributed by atoms with Crippen LogP contribution >= 0.6 is 46.4 Å². The molecule has 5 rings (SSSR count). The van der Waals surface area contributed by atoms with E-state index in [1.54, 1.807) is 4.90 Å². The van der Waals surface area contributed by atoms with E-state index in [1.807, 2.05) is 32.0 Å². The Labute approximate surface area is 237 Å². The predicted molar refractivity (Wildman–Crippen MR) is 146 cm³/mol. The van der Waals surface area contributed by atoms with Gasteiger partial charge in [-0.25, -0.2) is 4.90 Å². The van der Waals surface area contributed by atoms with E-state index in [4.69, 9.17) is 51.1 Å². The third-order valence-corrected chi connectivity index (χ3v) is 8.32. The highest BCUT2D eigenvalue weighted by Gasteiger charge is 2.42. The molecule has 3 aromatic rings. The van der Waals surface area contributed by atoms with Crippen molar-refractivity contribution >= 4 is 81.5 Å². The Morgan fingerprint density at radius 2 is 1.42 bits per heavy atom. The molecule has 3 aromatic carbocycles. The first-order valence-electron chi connectivity index (χ1n) is 11.4. The average molecular weight is 592 g/mol. The molecule has 2 heterocycles. The van der Waals surface area contributed by atoms with Gasteiger partial charge in [0.05, 0.1) is 42.8 Å². The molecule has 7 nitrogen and oxygen atoms in total. The molecule has 11 heteroatoms. The smallest absolute Gasteiger partial charge is 0.316 e. The van der Waals surface area contributed by atoms with Crippen LogP contribution < -0.4 is 14.5 Å². The maximum Gasteiger partial charge on any atom is 0.316 e. The molecule has 0 bridgehead atoms. The topological polar surface area (TPSA) is 84.0 Å². The Balaban J connectivity index is 1.31. The van der Waals surface area contributed by atoms with Crippen LogP contribution in [0.1, 0.15) is 38.3 Å². The lowest BCUT2D eigenvalue weighted by atomic mass is 10.1. The van der Waals surface area contributed by atoms with Gasteiger partial charge in [0.2, 0.25) is 5.91 Å². The first-order chi connectivity index (χ1) is 18.0. The van der Waals surface area contributed by atoms with Crippen LogP contribution in [0.25, 0.3) is 0 Å². The van der Waals surface area contributed by atoms with Gasteiger partial charge in [-0.1, -0.05) is 64.1 Å². The van der Waals surface area contributed by atoms with Crippen molar-refractivity contribution < 1.29 is 23.9 Å². The second-order valence-corrected chi connectivity index (χ2v) is 10.6. The maximum absolute atomic E-state index is 13.0. The molecule has 0 saturated carbocycles. The first kappa shape index (κ1) is 26.5. The van der Waals surface area contributed by atoms with E-state index in [9.17, 15) is 19.2 Å². The zero-order chi connectivity index (χ0) is 27.5. The van der Waals surface area contributed by atoms with Crippen LogP contribution in [-0.4, -0.2) is 30.2 Å². The van der Waals surface area contributed by atoms with Crippen molar-refractivity contribution in [3.63, 3.8) is 0 Å². The van der Waals surface area contributed by atoms with E-state index in [1.165, 1.54) is 24.3 Å². The van der Waals surface area contributed by atoms with Crippen molar-refractivity contribution in [2.75, 3.05) is 16.3 Å². The van der Waals surface area contributed by atoms with Crippen molar-refractivity contribution in [3.8, 4) is 5.75 Å². The Hall–Kier alpha value is -3.10. The summed E-state index contributed by atoms with van der Waals surface area (Å²) in [5.41, 5.74) is 2.73. The predicted octanol–water partition coefficient (Wildman–Crippen LogP) is 6.68. The number of halogens is 4. The minimum Gasteiger partial charge on any atom is -0.426 e. The second-order valence-electron chi connectivity index (χ2n) is 9.06. The Kier molecular flexibility index (Phi) is 6.90. The molecule has 1 atom stereocenters. The number of anilines is 2. The molecule has 0 aromatic heterocycles. The summed E-state index contributed by atoms with van der Waals surface area (Å²) in [6.45, 7) is 4.10. The molecule has 0 radical (unpaired) electrons. The molecule has 2 aliphatic heterocycles. The number of hydrogen-bond donors (Lipinski definition) is 0. The van der Waals surface area contributed by atoms with E-state index in [2.05, 4.69) is 0 Å². The number of carbonyl (C=O) groups excluding carboxylic acids is 4. The van der Waals surface area contributed by atoms with Gasteiger partial charge >= 0.3 is 5.97 Å². The number of hydrogen-bond acceptors (Lipinski definition) is 5. The summed E-state index contributed by atoms with van der Waals surface area (Å²) in [5.74, 6) is -2.58. The number of imide groups is 1. The lowest BCUT2D eigenvalue weighted by Crippen LogP contribution is -2.29. The number of esters is 1. The third-order valence-electron chi connectivity index (χ3n) is 6.52. The number of ether oxygens (including phenoxy) is 1. The minimum atomic E-state index is -0.712. The molecular formula is C27H18Cl4N2O5. The molecule has 1 fully saturated rings. The number of carbonyl (C=O) groups is 4. The lowest BCUT2D eigenvalue weighted by Gasteiger charge is -2.19. The van der Waals surface area contributed by atoms with Gasteiger partial charge in [-0.05, 0) is 49.7 Å². The molecule has 0 aliphatic carbocycles. The summed E-state index contributed by atoms with van der Waals surface area (Å²) < 4.78 is 5.50. The summed E-state index contributed by atoms with van der Waals surface area (Å²) in [6, 6.07) is 11.5. The van der Waals surface area contributed by atoms with Crippen LogP contribution in [0, 0.1) is 19.8 Å². The quantitative estimate of drug-likeness (QED) is 0.111. The van der Waals surface area contributed by atoms with Crippen LogP contribution in [-0.2, 0) is 9.59 Å². The third kappa shape index (κ3) is 4.33. The van der Waals surface area contributed by atoms with Gasteiger partial charge in [0.15, 0.2) is 0 Å². The van der Waals surface area contributed by atoms with E-state index < -0.39 is 23.7 Å². The number of fused-ring (bicyclic) bond motifs is 1. The van der Waals surface area contributed by atoms with Gasteiger partial charge < -0.3 is 9.64 Å². The standard InChI is InChI=1S/C27H18Cl4N2O5/c1-12-3-8-17(13(2)9-12)32-11-14(10-18(32)34)27(37)38-16-6-4-15(5-7-16)33-25(35)19-20(26(33)36)22(29)24(31)23(30)21(19)28/h3-9,14H,10-11H2,1-2H3/t14-/m1/s1. The summed E-state index contributed by atoms with van der Waals surface area (Å²) in [4.78, 5) is 54.0. The highest BCUT2D eigenvalue weighted by molar-refractivity contribution is 6.56. The summed E-state index contributed by atoms with van der Waals surface area (Å²) >= 11 is 24.5. The number of aryl methyl sites for hydroxylation is 2. The van der Waals surface area contributed by atoms with E-state index in [0.29, 0.717) is 0 Å². The molecule has 0 unspecified atom stereocenters. The SMILES string of the molecule is Cc1ccc(N2C[C@H](C(=O)Oc3ccc(N4C(=O)c5c(Cl)c(Cl)c(Cl)c(Cl)c5C4=O)cc3)CC2=O)c(C)c1. The Morgan fingerprint density at radius 3 is 1.97 bits per heavy atom. The van der Waals surface area contributed by atoms with Crippen LogP contribution in [0.4, 0.5) is 11.4 Å². The Morgan fingerprint density at radius 1 is 0.842 bits per heavy atom. The molecule has 0 N–H and O–H groups in total. The fraction of sp³-hybridized carbons (Fsp3) is 0.185. The van der Waals surface area contributed by atoms with Crippen LogP contribution in [0.15, 0.2) is 42.5 Å². The van der Waals surface area contributed by atoms with Gasteiger partial charge in [-0.2, -0.15) is 0 Å². The Bertz CT molecular complexity index is 1510. The van der Waals surface area contributed by atoms with E-state index in [-0.39, 0.29) is 61.5 Å². The summed E-state index contributed by atoms with van der Waals surface area (Å²) in [5, 5.41) is -0.570. The van der Waals surface area contributed by atoms with Gasteiger partial charge in [-0.3, -0.25) is 19.2 Å². The lowest BCUT2D eigenvalue weighted by molar-refractivity contribution is -0.139. The number of benzene rings is 3. The highest BCUT2D eigenvalue weighted by atomic mass is 35.5. The number of amides is 3. The zero-order valence-corrected chi connectivity index (χ0v) is 23.0. The van der Waals surface area contributed by atoms with Crippen molar-refractivity contribution in [2.24, 2.45) is 5.92 Å². The fourth-order valence-electron chi connectivity index (χ4n) is 4.65. The summed E-state index contributed by atoms with van der Waals surface area (Å²) in [6.07, 6.45) is 0.0336. The molecule has 38 heavy (non-hydrogen) atoms. The number of nitrogens with zero attached hydrogens (tertiary/aromatic N) is 2. The molecule has 2 aliphatic rings. The number of rotatable bonds is 4. The normalized spacial score (nSPS) is 16.9. The molecule has 3 amide bonds. The zero-order valence-electron chi connectivity index (χ0n) is 20.0. The van der Waals surface area contributed by atoms with Crippen molar-refractivity contribution in [1.29, 1.82) is 0 Å². The van der Waals surface area contributed by atoms with Crippen LogP contribution in [0.3, 0.4) is 0 Å². The van der Waals surface area contributed by atoms with Crippen LogP contribution in [0.5, 0.6) is 5.75 Å². The van der Waals surface area contributed by atoms with Crippen molar-refractivity contribution in [3.05, 3.63) is 84.8 Å². The average Bonchev–Trinajstić information content (AvgIpc) is 3.38. The van der Waals surface area contributed by atoms with E-state index >= 15 is 0 Å². The fourth-order valence-corrected chi connectivity index (χ4v) is 5.67. The minimum absolute atomic E-state index is 0.0336. The van der Waals surface area contributed by atoms with Crippen molar-refractivity contribution in [1.82, 2.24) is 0 Å². The first-order valence-corrected chi connectivity index (χ1v) is 12.9. The largest absolute Gasteiger partial charge is 0.426 e. The van der Waals surface area contributed by atoms with Gasteiger partial charge in [0.1, 0.15) is 5.75 Å². The summed E-state index contributed by atoms with van der Waals surface area (Å²) in [7, 11) is 0. The molecular weight excluding hydrogens is 574 g/mol. The highest BCUT2D eigenvalue weighted by Crippen LogP contribution is 2.45. The van der Waals surface area contributed by atoms with Gasteiger partial charge in [0.25, 0.3) is 11.8 Å². The van der Waals surface area contributed by atoms with Gasteiger partial charge in [-0.15, -0.1) is 0 Å². The monoisotopic (exact) mass is 590 g/mol. The molecule has 0 spiro atoms. The molecule has 1 saturated heterocycles.